The number of carbonyl (C=O) groups excluding carboxylic acids is 1. The lowest BCUT2D eigenvalue weighted by Crippen LogP contribution is -2.39. The van der Waals surface area contributed by atoms with Crippen LogP contribution >= 0.6 is 0 Å². The number of benzene rings is 3. The smallest absolute Gasteiger partial charge is 0.254 e. The van der Waals surface area contributed by atoms with Crippen molar-refractivity contribution < 1.29 is 9.53 Å². The van der Waals surface area contributed by atoms with Crippen molar-refractivity contribution in [3.05, 3.63) is 96.1 Å². The van der Waals surface area contributed by atoms with Crippen molar-refractivity contribution in [2.75, 3.05) is 20.2 Å². The Bertz CT molecular complexity index is 1240. The van der Waals surface area contributed by atoms with Crippen LogP contribution in [-0.4, -0.2) is 36.0 Å². The van der Waals surface area contributed by atoms with Gasteiger partial charge in [-0.2, -0.15) is 0 Å². The number of methoxy groups -OCH3 is 1. The van der Waals surface area contributed by atoms with E-state index < -0.39 is 0 Å². The molecule has 4 nitrogen and oxygen atoms in total. The van der Waals surface area contributed by atoms with Crippen LogP contribution in [0.25, 0.3) is 22.2 Å². The van der Waals surface area contributed by atoms with Gasteiger partial charge >= 0.3 is 0 Å². The summed E-state index contributed by atoms with van der Waals surface area (Å²) in [6.45, 7) is 1.59. The Morgan fingerprint density at radius 3 is 2.36 bits per heavy atom. The second-order valence-electron chi connectivity index (χ2n) is 8.73. The van der Waals surface area contributed by atoms with Gasteiger partial charge in [0.15, 0.2) is 0 Å². The van der Waals surface area contributed by atoms with Gasteiger partial charge in [0.25, 0.3) is 5.91 Å². The zero-order chi connectivity index (χ0) is 22.6. The van der Waals surface area contributed by atoms with Crippen LogP contribution in [0.3, 0.4) is 0 Å². The number of rotatable bonds is 5. The van der Waals surface area contributed by atoms with Gasteiger partial charge in [-0.25, -0.2) is 4.98 Å². The molecule has 1 fully saturated rings. The zero-order valence-corrected chi connectivity index (χ0v) is 18.9. The summed E-state index contributed by atoms with van der Waals surface area (Å²) in [5, 5.41) is 0.908. The minimum atomic E-state index is 0.0986. The number of para-hydroxylation sites is 1. The number of carbonyl (C=O) groups is 1. The fraction of sp³-hybridized carbons (Fsp3) is 0.241. The molecule has 0 saturated carbocycles. The third kappa shape index (κ3) is 4.61. The quantitative estimate of drug-likeness (QED) is 0.385. The van der Waals surface area contributed by atoms with E-state index in [1.165, 1.54) is 5.56 Å². The summed E-state index contributed by atoms with van der Waals surface area (Å²) in [7, 11) is 1.66. The molecule has 3 aromatic carbocycles. The molecular formula is C29H28N2O2. The lowest BCUT2D eigenvalue weighted by Gasteiger charge is -2.32. The molecule has 1 aliphatic rings. The Balaban J connectivity index is 1.38. The summed E-state index contributed by atoms with van der Waals surface area (Å²) < 4.78 is 5.28. The van der Waals surface area contributed by atoms with Crippen LogP contribution in [0.4, 0.5) is 0 Å². The first-order chi connectivity index (χ1) is 16.2. The topological polar surface area (TPSA) is 42.4 Å². The van der Waals surface area contributed by atoms with E-state index in [2.05, 4.69) is 30.3 Å². The highest BCUT2D eigenvalue weighted by Crippen LogP contribution is 2.29. The van der Waals surface area contributed by atoms with Crippen LogP contribution in [0, 0.1) is 5.92 Å². The number of aromatic nitrogens is 1. The number of nitrogens with zero attached hydrogens (tertiary/aromatic N) is 2. The number of piperidine rings is 1. The molecule has 33 heavy (non-hydrogen) atoms. The molecule has 1 aliphatic heterocycles. The normalized spacial score (nSPS) is 14.4. The summed E-state index contributed by atoms with van der Waals surface area (Å²) in [6, 6.07) is 28.3. The van der Waals surface area contributed by atoms with Crippen molar-refractivity contribution in [1.29, 1.82) is 0 Å². The van der Waals surface area contributed by atoms with E-state index in [-0.39, 0.29) is 5.91 Å². The summed E-state index contributed by atoms with van der Waals surface area (Å²) in [6.07, 6.45) is 3.16. The van der Waals surface area contributed by atoms with E-state index in [1.807, 2.05) is 59.5 Å². The van der Waals surface area contributed by atoms with Gasteiger partial charge < -0.3 is 9.64 Å². The second kappa shape index (κ2) is 9.45. The zero-order valence-electron chi connectivity index (χ0n) is 18.9. The first-order valence-electron chi connectivity index (χ1n) is 11.6. The number of likely N-dealkylation sites (tertiary alicyclic amines) is 1. The highest BCUT2D eigenvalue weighted by Gasteiger charge is 2.25. The molecule has 5 rings (SSSR count). The first-order valence-corrected chi connectivity index (χ1v) is 11.6. The third-order valence-corrected chi connectivity index (χ3v) is 6.60. The highest BCUT2D eigenvalue weighted by molar-refractivity contribution is 6.07. The molecule has 1 amide bonds. The van der Waals surface area contributed by atoms with Gasteiger partial charge in [-0.05, 0) is 67.1 Å². The van der Waals surface area contributed by atoms with Crippen molar-refractivity contribution in [1.82, 2.24) is 9.88 Å². The molecule has 0 aliphatic carbocycles. The molecule has 1 aromatic heterocycles. The second-order valence-corrected chi connectivity index (χ2v) is 8.73. The largest absolute Gasteiger partial charge is 0.497 e. The Kier molecular flexibility index (Phi) is 6.07. The van der Waals surface area contributed by atoms with Crippen LogP contribution in [0.5, 0.6) is 5.75 Å². The monoisotopic (exact) mass is 436 g/mol. The molecule has 1 saturated heterocycles. The lowest BCUT2D eigenvalue weighted by atomic mass is 9.90. The van der Waals surface area contributed by atoms with Crippen molar-refractivity contribution >= 4 is 16.8 Å². The molecule has 4 aromatic rings. The molecule has 0 bridgehead atoms. The van der Waals surface area contributed by atoms with Crippen molar-refractivity contribution in [3.8, 4) is 17.0 Å². The molecular weight excluding hydrogens is 408 g/mol. The summed E-state index contributed by atoms with van der Waals surface area (Å²) in [5.41, 5.74) is 4.73. The van der Waals surface area contributed by atoms with E-state index >= 15 is 0 Å². The highest BCUT2D eigenvalue weighted by atomic mass is 16.5. The first kappa shape index (κ1) is 21.2. The van der Waals surface area contributed by atoms with Gasteiger partial charge in [0.2, 0.25) is 0 Å². The number of pyridine rings is 1. The van der Waals surface area contributed by atoms with Crippen LogP contribution in [0.2, 0.25) is 0 Å². The predicted molar refractivity (Wildman–Crippen MR) is 133 cm³/mol. The Labute approximate surface area is 194 Å². The summed E-state index contributed by atoms with van der Waals surface area (Å²) in [4.78, 5) is 20.5. The van der Waals surface area contributed by atoms with Gasteiger partial charge in [0.1, 0.15) is 5.75 Å². The number of fused-ring (bicyclic) bond motifs is 1. The van der Waals surface area contributed by atoms with Crippen LogP contribution in [0.15, 0.2) is 84.9 Å². The van der Waals surface area contributed by atoms with Gasteiger partial charge in [-0.1, -0.05) is 48.5 Å². The van der Waals surface area contributed by atoms with Gasteiger partial charge in [-0.15, -0.1) is 0 Å². The average molecular weight is 437 g/mol. The Hall–Kier alpha value is -3.66. The Morgan fingerprint density at radius 2 is 1.64 bits per heavy atom. The number of amides is 1. The van der Waals surface area contributed by atoms with Crippen LogP contribution < -0.4 is 4.74 Å². The van der Waals surface area contributed by atoms with Crippen molar-refractivity contribution in [3.63, 3.8) is 0 Å². The average Bonchev–Trinajstić information content (AvgIpc) is 2.89. The number of hydrogen-bond acceptors (Lipinski definition) is 3. The maximum Gasteiger partial charge on any atom is 0.254 e. The minimum Gasteiger partial charge on any atom is -0.497 e. The minimum absolute atomic E-state index is 0.0986. The van der Waals surface area contributed by atoms with Crippen molar-refractivity contribution in [2.45, 2.75) is 19.3 Å². The fourth-order valence-electron chi connectivity index (χ4n) is 4.72. The Morgan fingerprint density at radius 1 is 0.939 bits per heavy atom. The SMILES string of the molecule is COc1ccc(-c2cc(C(=O)N3CCC(Cc4ccccc4)CC3)c3ccccc3n2)cc1. The number of hydrogen-bond donors (Lipinski definition) is 0. The summed E-state index contributed by atoms with van der Waals surface area (Å²) in [5.74, 6) is 1.52. The van der Waals surface area contributed by atoms with E-state index in [0.717, 1.165) is 65.8 Å². The van der Waals surface area contributed by atoms with Gasteiger partial charge in [0.05, 0.1) is 23.9 Å². The number of ether oxygens (including phenoxy) is 1. The van der Waals surface area contributed by atoms with Crippen molar-refractivity contribution in [2.24, 2.45) is 5.92 Å². The van der Waals surface area contributed by atoms with Crippen LogP contribution in [0.1, 0.15) is 28.8 Å². The summed E-state index contributed by atoms with van der Waals surface area (Å²) >= 11 is 0. The molecule has 0 unspecified atom stereocenters. The molecule has 4 heteroatoms. The standard InChI is InChI=1S/C29H28N2O2/c1-33-24-13-11-23(12-14-24)28-20-26(25-9-5-6-10-27(25)30-28)29(32)31-17-15-22(16-18-31)19-21-7-3-2-4-8-21/h2-14,20,22H,15-19H2,1H3. The molecule has 0 N–H and O–H groups in total. The lowest BCUT2D eigenvalue weighted by molar-refractivity contribution is 0.0692. The fourth-order valence-corrected chi connectivity index (χ4v) is 4.72. The predicted octanol–water partition coefficient (Wildman–Crippen LogP) is 6.01. The molecule has 2 heterocycles. The van der Waals surface area contributed by atoms with Crippen LogP contribution in [-0.2, 0) is 6.42 Å². The van der Waals surface area contributed by atoms with E-state index in [0.29, 0.717) is 5.92 Å². The van der Waals surface area contributed by atoms with E-state index in [1.54, 1.807) is 7.11 Å². The molecule has 0 atom stereocenters. The van der Waals surface area contributed by atoms with Gasteiger partial charge in [0, 0.05) is 24.0 Å². The maximum atomic E-state index is 13.6. The van der Waals surface area contributed by atoms with Gasteiger partial charge in [-0.3, -0.25) is 4.79 Å². The third-order valence-electron chi connectivity index (χ3n) is 6.60. The van der Waals surface area contributed by atoms with E-state index in [9.17, 15) is 4.79 Å². The van der Waals surface area contributed by atoms with E-state index in [4.69, 9.17) is 9.72 Å². The molecule has 0 radical (unpaired) electrons. The molecule has 166 valence electrons. The molecule has 0 spiro atoms. The maximum absolute atomic E-state index is 13.6.